The summed E-state index contributed by atoms with van der Waals surface area (Å²) >= 11 is 0. The van der Waals surface area contributed by atoms with E-state index in [0.717, 1.165) is 0 Å². The number of guanidine groups is 1. The maximum atomic E-state index is 10.6. The molecule has 0 bridgehead atoms. The Labute approximate surface area is 63.4 Å². The molecule has 0 radical (unpaired) electrons. The van der Waals surface area contributed by atoms with Crippen molar-refractivity contribution in [2.45, 2.75) is 12.5 Å². The van der Waals surface area contributed by atoms with Gasteiger partial charge in [0.1, 0.15) is 6.04 Å². The number of primary amides is 1. The van der Waals surface area contributed by atoms with E-state index in [1.54, 1.807) is 0 Å². The van der Waals surface area contributed by atoms with Crippen LogP contribution in [0.15, 0.2) is 5.16 Å². The molecule has 1 amide bonds. The maximum Gasteiger partial charge on any atom is 0.240 e. The van der Waals surface area contributed by atoms with Gasteiger partial charge in [0.05, 0.1) is 0 Å². The average molecular weight is 158 g/mol. The first-order chi connectivity index (χ1) is 5.16. The van der Waals surface area contributed by atoms with Crippen molar-refractivity contribution >= 4 is 11.9 Å². The number of rotatable bonds is 1. The largest absolute Gasteiger partial charge is 0.408 e. The first-order valence-electron chi connectivity index (χ1n) is 3.20. The second-order valence-electron chi connectivity index (χ2n) is 2.36. The molecular weight excluding hydrogens is 148 g/mol. The molecule has 1 rings (SSSR count). The van der Waals surface area contributed by atoms with Crippen LogP contribution in [0.5, 0.6) is 0 Å². The summed E-state index contributed by atoms with van der Waals surface area (Å²) in [5.74, 6) is -0.497. The third-order valence-corrected chi connectivity index (χ3v) is 1.74. The van der Waals surface area contributed by atoms with Gasteiger partial charge in [-0.25, -0.2) is 0 Å². The van der Waals surface area contributed by atoms with Crippen LogP contribution < -0.4 is 11.5 Å². The second kappa shape index (κ2) is 2.65. The van der Waals surface area contributed by atoms with Crippen LogP contribution >= 0.6 is 0 Å². The van der Waals surface area contributed by atoms with Gasteiger partial charge in [-0.1, -0.05) is 5.16 Å². The molecule has 0 aromatic rings. The van der Waals surface area contributed by atoms with Crippen molar-refractivity contribution in [1.82, 2.24) is 4.90 Å². The Morgan fingerprint density at radius 2 is 2.27 bits per heavy atom. The van der Waals surface area contributed by atoms with E-state index in [1.807, 2.05) is 0 Å². The van der Waals surface area contributed by atoms with Crippen molar-refractivity contribution in [2.75, 3.05) is 6.54 Å². The average Bonchev–Trinajstić information content (AvgIpc) is 1.83. The lowest BCUT2D eigenvalue weighted by molar-refractivity contribution is -0.124. The van der Waals surface area contributed by atoms with Gasteiger partial charge in [-0.2, -0.15) is 0 Å². The van der Waals surface area contributed by atoms with E-state index in [2.05, 4.69) is 5.16 Å². The van der Waals surface area contributed by atoms with Crippen LogP contribution in [-0.2, 0) is 4.79 Å². The van der Waals surface area contributed by atoms with Gasteiger partial charge in [0.15, 0.2) is 0 Å². The Bertz CT molecular complexity index is 203. The van der Waals surface area contributed by atoms with Gasteiger partial charge in [0, 0.05) is 6.54 Å². The summed E-state index contributed by atoms with van der Waals surface area (Å²) in [6, 6.07) is -0.397. The number of hydrogen-bond acceptors (Lipinski definition) is 3. The lowest BCUT2D eigenvalue weighted by Gasteiger charge is -2.38. The summed E-state index contributed by atoms with van der Waals surface area (Å²) in [5, 5.41) is 11.0. The number of likely N-dealkylation sites (tertiary alicyclic amines) is 1. The van der Waals surface area contributed by atoms with Crippen LogP contribution in [0.4, 0.5) is 0 Å². The number of amides is 1. The van der Waals surface area contributed by atoms with Crippen LogP contribution in [0, 0.1) is 0 Å². The summed E-state index contributed by atoms with van der Waals surface area (Å²) in [6.07, 6.45) is 0.672. The first kappa shape index (κ1) is 7.64. The van der Waals surface area contributed by atoms with Gasteiger partial charge in [-0.15, -0.1) is 0 Å². The Morgan fingerprint density at radius 1 is 1.64 bits per heavy atom. The molecule has 6 heteroatoms. The first-order valence-corrected chi connectivity index (χ1v) is 3.20. The molecule has 0 aromatic carbocycles. The van der Waals surface area contributed by atoms with Crippen molar-refractivity contribution in [1.29, 1.82) is 0 Å². The van der Waals surface area contributed by atoms with Crippen molar-refractivity contribution < 1.29 is 10.0 Å². The van der Waals surface area contributed by atoms with Crippen LogP contribution in [0.2, 0.25) is 0 Å². The molecule has 11 heavy (non-hydrogen) atoms. The fourth-order valence-corrected chi connectivity index (χ4v) is 1.01. The van der Waals surface area contributed by atoms with E-state index in [9.17, 15) is 4.79 Å². The molecule has 6 nitrogen and oxygen atoms in total. The number of nitrogens with zero attached hydrogens (tertiary/aromatic N) is 2. The van der Waals surface area contributed by atoms with Gasteiger partial charge in [-0.05, 0) is 6.42 Å². The maximum absolute atomic E-state index is 10.6. The summed E-state index contributed by atoms with van der Waals surface area (Å²) in [4.78, 5) is 12.0. The summed E-state index contributed by atoms with van der Waals surface area (Å²) in [7, 11) is 0. The minimum Gasteiger partial charge on any atom is -0.408 e. The third kappa shape index (κ3) is 1.19. The van der Waals surface area contributed by atoms with Gasteiger partial charge in [-0.3, -0.25) is 4.79 Å². The summed E-state index contributed by atoms with van der Waals surface area (Å²) < 4.78 is 0. The molecule has 1 atom stereocenters. The Hall–Kier alpha value is -1.46. The van der Waals surface area contributed by atoms with E-state index in [-0.39, 0.29) is 5.96 Å². The quantitative estimate of drug-likeness (QED) is 0.182. The van der Waals surface area contributed by atoms with Crippen LogP contribution in [-0.4, -0.2) is 34.6 Å². The summed E-state index contributed by atoms with van der Waals surface area (Å²) in [6.45, 7) is 0.615. The van der Waals surface area contributed by atoms with Crippen LogP contribution in [0.1, 0.15) is 6.42 Å². The molecule has 1 saturated heterocycles. The molecule has 1 fully saturated rings. The van der Waals surface area contributed by atoms with E-state index >= 15 is 0 Å². The van der Waals surface area contributed by atoms with E-state index in [4.69, 9.17) is 16.7 Å². The highest BCUT2D eigenvalue weighted by Gasteiger charge is 2.34. The topological polar surface area (TPSA) is 105 Å². The second-order valence-corrected chi connectivity index (χ2v) is 2.36. The Kier molecular flexibility index (Phi) is 1.84. The predicted molar refractivity (Wildman–Crippen MR) is 37.7 cm³/mol. The smallest absolute Gasteiger partial charge is 0.240 e. The highest BCUT2D eigenvalue weighted by atomic mass is 16.4. The highest BCUT2D eigenvalue weighted by Crippen LogP contribution is 2.15. The summed E-state index contributed by atoms with van der Waals surface area (Å²) in [5.41, 5.74) is 10.2. The number of nitrogens with two attached hydrogens (primary N) is 2. The van der Waals surface area contributed by atoms with Crippen molar-refractivity contribution in [3.63, 3.8) is 0 Å². The lowest BCUT2D eigenvalue weighted by atomic mass is 10.0. The molecule has 0 saturated carbocycles. The minimum atomic E-state index is -0.442. The van der Waals surface area contributed by atoms with Gasteiger partial charge >= 0.3 is 0 Å². The van der Waals surface area contributed by atoms with Gasteiger partial charge < -0.3 is 21.6 Å². The lowest BCUT2D eigenvalue weighted by Crippen LogP contribution is -2.59. The van der Waals surface area contributed by atoms with Crippen molar-refractivity contribution in [2.24, 2.45) is 16.6 Å². The van der Waals surface area contributed by atoms with Crippen LogP contribution in [0.3, 0.4) is 0 Å². The number of oxime groups is 1. The minimum absolute atomic E-state index is 0.0555. The van der Waals surface area contributed by atoms with Crippen LogP contribution in [0.25, 0.3) is 0 Å². The van der Waals surface area contributed by atoms with E-state index < -0.39 is 11.9 Å². The molecule has 62 valence electrons. The zero-order chi connectivity index (χ0) is 8.43. The standard InChI is InChI=1S/C5H10N4O2/c6-4(10)3-1-2-9(3)5(7)8-11/h3,11H,1-2H2,(H2,6,10)(H2,7,8). The normalized spacial score (nSPS) is 24.5. The zero-order valence-electron chi connectivity index (χ0n) is 5.90. The van der Waals surface area contributed by atoms with Crippen molar-refractivity contribution in [3.8, 4) is 0 Å². The fourth-order valence-electron chi connectivity index (χ4n) is 1.01. The van der Waals surface area contributed by atoms with Crippen molar-refractivity contribution in [3.05, 3.63) is 0 Å². The third-order valence-electron chi connectivity index (χ3n) is 1.74. The Balaban J connectivity index is 2.56. The predicted octanol–water partition coefficient (Wildman–Crippen LogP) is -1.75. The zero-order valence-corrected chi connectivity index (χ0v) is 5.90. The number of carbonyl (C=O) groups is 1. The SMILES string of the molecule is NC(=O)C1CCN1/C(N)=N/O. The number of hydrogen-bond donors (Lipinski definition) is 3. The highest BCUT2D eigenvalue weighted by molar-refractivity contribution is 5.88. The molecule has 5 N–H and O–H groups in total. The molecule has 1 aliphatic rings. The monoisotopic (exact) mass is 158 g/mol. The van der Waals surface area contributed by atoms with Gasteiger partial charge in [0.25, 0.3) is 0 Å². The molecule has 1 unspecified atom stereocenters. The van der Waals surface area contributed by atoms with Gasteiger partial charge in [0.2, 0.25) is 11.9 Å². The molecule has 0 aliphatic carbocycles. The molecular formula is C5H10N4O2. The molecule has 0 spiro atoms. The fraction of sp³-hybridized carbons (Fsp3) is 0.600. The van der Waals surface area contributed by atoms with E-state index in [1.165, 1.54) is 4.90 Å². The molecule has 1 heterocycles. The van der Waals surface area contributed by atoms with E-state index in [0.29, 0.717) is 13.0 Å². The Morgan fingerprint density at radius 3 is 2.55 bits per heavy atom. The number of carbonyl (C=O) groups excluding carboxylic acids is 1. The molecule has 0 aromatic heterocycles. The molecule has 1 aliphatic heterocycles.